The number of carbonyl (C=O) groups excluding carboxylic acids is 3. The van der Waals surface area contributed by atoms with Crippen LogP contribution in [0.15, 0.2) is 48.5 Å². The number of esters is 1. The number of rotatable bonds is 6. The summed E-state index contributed by atoms with van der Waals surface area (Å²) in [5.74, 6) is -0.800. The lowest BCUT2D eigenvalue weighted by atomic mass is 10.0. The number of hydrogen-bond acceptors (Lipinski definition) is 4. The summed E-state index contributed by atoms with van der Waals surface area (Å²) in [6.07, 6.45) is 0.653. The van der Waals surface area contributed by atoms with Crippen LogP contribution in [0.3, 0.4) is 0 Å². The zero-order valence-electron chi connectivity index (χ0n) is 13.6. The van der Waals surface area contributed by atoms with E-state index in [1.54, 1.807) is 32.0 Å². The molecule has 0 bridgehead atoms. The van der Waals surface area contributed by atoms with Gasteiger partial charge in [-0.2, -0.15) is 0 Å². The van der Waals surface area contributed by atoms with Crippen molar-refractivity contribution in [2.45, 2.75) is 26.5 Å². The van der Waals surface area contributed by atoms with Gasteiger partial charge < -0.3 is 14.8 Å². The van der Waals surface area contributed by atoms with E-state index in [0.29, 0.717) is 23.0 Å². The van der Waals surface area contributed by atoms with Crippen molar-refractivity contribution in [2.24, 2.45) is 0 Å². The van der Waals surface area contributed by atoms with E-state index in [1.165, 1.54) is 0 Å². The second kappa shape index (κ2) is 8.06. The van der Waals surface area contributed by atoms with E-state index in [9.17, 15) is 14.4 Å². The largest absolute Gasteiger partial charge is 0.457 e. The summed E-state index contributed by atoms with van der Waals surface area (Å²) in [5, 5.41) is 2.55. The first kappa shape index (κ1) is 17.4. The van der Waals surface area contributed by atoms with E-state index >= 15 is 0 Å². The Morgan fingerprint density at radius 3 is 2.50 bits per heavy atom. The normalized spacial score (nSPS) is 11.4. The highest BCUT2D eigenvalue weighted by atomic mass is 16.5. The quantitative estimate of drug-likeness (QED) is 0.655. The van der Waals surface area contributed by atoms with E-state index in [0.717, 1.165) is 5.56 Å². The number of nitrogens with one attached hydrogen (secondary N) is 1. The van der Waals surface area contributed by atoms with Crippen LogP contribution in [-0.2, 0) is 16.1 Å². The van der Waals surface area contributed by atoms with Gasteiger partial charge in [0, 0.05) is 5.56 Å². The number of aryl methyl sites for hydroxylation is 1. The molecule has 5 nitrogen and oxygen atoms in total. The summed E-state index contributed by atoms with van der Waals surface area (Å²) in [6, 6.07) is 13.5. The van der Waals surface area contributed by atoms with Crippen LogP contribution in [0.1, 0.15) is 38.8 Å². The Morgan fingerprint density at radius 2 is 1.88 bits per heavy atom. The van der Waals surface area contributed by atoms with Gasteiger partial charge in [0.05, 0.1) is 11.6 Å². The van der Waals surface area contributed by atoms with Crippen molar-refractivity contribution >= 4 is 18.2 Å². The molecule has 0 fully saturated rings. The molecular formula is C19H19NO4. The standard InChI is InChI=1S/C19H19NO4/c1-13-10-16(18(22)20-14(2)11-21)8-9-17(13)19(23)24-12-15-6-4-3-5-7-15/h3-11,14H,12H2,1-2H3,(H,20,22). The first-order valence-electron chi connectivity index (χ1n) is 7.59. The summed E-state index contributed by atoms with van der Waals surface area (Å²) >= 11 is 0. The van der Waals surface area contributed by atoms with Crippen molar-refractivity contribution in [1.82, 2.24) is 5.32 Å². The third-order valence-corrected chi connectivity index (χ3v) is 3.48. The van der Waals surface area contributed by atoms with Crippen LogP contribution < -0.4 is 5.32 Å². The van der Waals surface area contributed by atoms with Crippen molar-refractivity contribution < 1.29 is 19.1 Å². The zero-order valence-corrected chi connectivity index (χ0v) is 13.6. The van der Waals surface area contributed by atoms with Gasteiger partial charge in [-0.25, -0.2) is 4.79 Å². The molecule has 2 rings (SSSR count). The Kier molecular flexibility index (Phi) is 5.84. The van der Waals surface area contributed by atoms with Crippen LogP contribution in [-0.4, -0.2) is 24.2 Å². The molecule has 0 radical (unpaired) electrons. The number of hydrogen-bond donors (Lipinski definition) is 1. The average Bonchev–Trinajstić information content (AvgIpc) is 2.60. The third-order valence-electron chi connectivity index (χ3n) is 3.48. The van der Waals surface area contributed by atoms with Crippen LogP contribution in [0.25, 0.3) is 0 Å². The molecule has 5 heteroatoms. The lowest BCUT2D eigenvalue weighted by Gasteiger charge is -2.10. The Bertz CT molecular complexity index is 740. The van der Waals surface area contributed by atoms with Gasteiger partial charge in [0.2, 0.25) is 0 Å². The first-order chi connectivity index (χ1) is 11.5. The van der Waals surface area contributed by atoms with Gasteiger partial charge in [-0.3, -0.25) is 4.79 Å². The summed E-state index contributed by atoms with van der Waals surface area (Å²) in [6.45, 7) is 3.52. The van der Waals surface area contributed by atoms with Crippen LogP contribution in [0.4, 0.5) is 0 Å². The molecule has 0 aromatic heterocycles. The molecule has 1 amide bonds. The van der Waals surface area contributed by atoms with Gasteiger partial charge in [-0.15, -0.1) is 0 Å². The van der Waals surface area contributed by atoms with Crippen LogP contribution in [0, 0.1) is 6.92 Å². The van der Waals surface area contributed by atoms with Gasteiger partial charge in [0.1, 0.15) is 12.9 Å². The van der Waals surface area contributed by atoms with Crippen molar-refractivity contribution in [2.75, 3.05) is 0 Å². The van der Waals surface area contributed by atoms with E-state index in [2.05, 4.69) is 5.32 Å². The van der Waals surface area contributed by atoms with Crippen molar-refractivity contribution in [3.8, 4) is 0 Å². The third kappa shape index (κ3) is 4.52. The fourth-order valence-electron chi connectivity index (χ4n) is 2.16. The van der Waals surface area contributed by atoms with Crippen molar-refractivity contribution in [3.05, 3.63) is 70.8 Å². The molecule has 0 aliphatic rings. The SMILES string of the molecule is Cc1cc(C(=O)NC(C)C=O)ccc1C(=O)OCc1ccccc1. The molecule has 124 valence electrons. The Balaban J connectivity index is 2.04. The summed E-state index contributed by atoms with van der Waals surface area (Å²) in [5.41, 5.74) is 2.34. The predicted octanol–water partition coefficient (Wildman–Crippen LogP) is 2.67. The topological polar surface area (TPSA) is 72.5 Å². The maximum Gasteiger partial charge on any atom is 0.338 e. The highest BCUT2D eigenvalue weighted by Crippen LogP contribution is 2.14. The molecule has 1 atom stereocenters. The van der Waals surface area contributed by atoms with E-state index in [-0.39, 0.29) is 12.5 Å². The monoisotopic (exact) mass is 325 g/mol. The predicted molar refractivity (Wildman–Crippen MR) is 89.7 cm³/mol. The molecule has 0 heterocycles. The molecule has 0 aliphatic heterocycles. The van der Waals surface area contributed by atoms with Crippen LogP contribution in [0.2, 0.25) is 0 Å². The lowest BCUT2D eigenvalue weighted by Crippen LogP contribution is -2.33. The van der Waals surface area contributed by atoms with Crippen LogP contribution >= 0.6 is 0 Å². The number of amides is 1. The maximum atomic E-state index is 12.2. The minimum atomic E-state index is -0.562. The maximum absolute atomic E-state index is 12.2. The minimum absolute atomic E-state index is 0.193. The Labute approximate surface area is 140 Å². The molecule has 1 unspecified atom stereocenters. The highest BCUT2D eigenvalue weighted by molar-refractivity contribution is 5.98. The molecule has 0 aliphatic carbocycles. The highest BCUT2D eigenvalue weighted by Gasteiger charge is 2.14. The number of aldehydes is 1. The zero-order chi connectivity index (χ0) is 17.5. The molecule has 2 aromatic rings. The van der Waals surface area contributed by atoms with E-state index < -0.39 is 12.0 Å². The molecule has 1 N–H and O–H groups in total. The van der Waals surface area contributed by atoms with E-state index in [4.69, 9.17) is 4.74 Å². The summed E-state index contributed by atoms with van der Waals surface area (Å²) in [7, 11) is 0. The summed E-state index contributed by atoms with van der Waals surface area (Å²) < 4.78 is 5.29. The van der Waals surface area contributed by atoms with E-state index in [1.807, 2.05) is 30.3 Å². The second-order valence-corrected chi connectivity index (χ2v) is 5.49. The molecule has 0 saturated heterocycles. The number of carbonyl (C=O) groups is 3. The van der Waals surface area contributed by atoms with Gasteiger partial charge in [0.15, 0.2) is 0 Å². The van der Waals surface area contributed by atoms with Gasteiger partial charge in [-0.1, -0.05) is 30.3 Å². The number of benzene rings is 2. The second-order valence-electron chi connectivity index (χ2n) is 5.49. The van der Waals surface area contributed by atoms with Gasteiger partial charge in [-0.05, 0) is 43.2 Å². The smallest absolute Gasteiger partial charge is 0.338 e. The molecular weight excluding hydrogens is 306 g/mol. The fourth-order valence-corrected chi connectivity index (χ4v) is 2.16. The van der Waals surface area contributed by atoms with Gasteiger partial charge in [0.25, 0.3) is 5.91 Å². The molecule has 2 aromatic carbocycles. The average molecular weight is 325 g/mol. The van der Waals surface area contributed by atoms with Gasteiger partial charge >= 0.3 is 5.97 Å². The first-order valence-corrected chi connectivity index (χ1v) is 7.59. The Morgan fingerprint density at radius 1 is 1.17 bits per heavy atom. The summed E-state index contributed by atoms with van der Waals surface area (Å²) in [4.78, 5) is 34.7. The molecule has 0 saturated carbocycles. The van der Waals surface area contributed by atoms with Crippen molar-refractivity contribution in [3.63, 3.8) is 0 Å². The van der Waals surface area contributed by atoms with Crippen LogP contribution in [0.5, 0.6) is 0 Å². The van der Waals surface area contributed by atoms with Crippen molar-refractivity contribution in [1.29, 1.82) is 0 Å². The Hall–Kier alpha value is -2.95. The molecule has 24 heavy (non-hydrogen) atoms. The fraction of sp³-hybridized carbons (Fsp3) is 0.211. The lowest BCUT2D eigenvalue weighted by molar-refractivity contribution is -0.109. The molecule has 0 spiro atoms. The minimum Gasteiger partial charge on any atom is -0.457 e. The number of ether oxygens (including phenoxy) is 1.